The molecule has 1 aliphatic heterocycles. The highest BCUT2D eigenvalue weighted by Gasteiger charge is 2.13. The van der Waals surface area contributed by atoms with Crippen molar-refractivity contribution < 1.29 is 0 Å². The van der Waals surface area contributed by atoms with Gasteiger partial charge in [0, 0.05) is 6.54 Å². The molecule has 3 nitrogen and oxygen atoms in total. The molecule has 1 N–H and O–H groups in total. The zero-order valence-corrected chi connectivity index (χ0v) is 9.96. The van der Waals surface area contributed by atoms with E-state index in [-0.39, 0.29) is 0 Å². The lowest BCUT2D eigenvalue weighted by Gasteiger charge is -2.21. The fraction of sp³-hybridized carbons (Fsp3) is 0.500. The van der Waals surface area contributed by atoms with E-state index in [0.29, 0.717) is 5.69 Å². The quantitative estimate of drug-likeness (QED) is 0.871. The van der Waals surface area contributed by atoms with Gasteiger partial charge >= 0.3 is 0 Å². The molecule has 1 aliphatic rings. The fourth-order valence-electron chi connectivity index (χ4n) is 1.79. The first-order valence-electron chi connectivity index (χ1n) is 5.57. The summed E-state index contributed by atoms with van der Waals surface area (Å²) in [5, 5.41) is 12.1. The van der Waals surface area contributed by atoms with Crippen LogP contribution in [0.15, 0.2) is 18.2 Å². The Morgan fingerprint density at radius 1 is 1.44 bits per heavy atom. The Balaban J connectivity index is 1.86. The van der Waals surface area contributed by atoms with E-state index in [1.54, 1.807) is 6.07 Å². The molecule has 0 atom stereocenters. The van der Waals surface area contributed by atoms with Gasteiger partial charge in [0.25, 0.3) is 0 Å². The highest BCUT2D eigenvalue weighted by molar-refractivity contribution is 7.99. The Labute approximate surface area is 100 Å². The van der Waals surface area contributed by atoms with E-state index in [1.807, 2.05) is 23.9 Å². The van der Waals surface area contributed by atoms with Gasteiger partial charge in [-0.25, -0.2) is 4.98 Å². The van der Waals surface area contributed by atoms with E-state index >= 15 is 0 Å². The van der Waals surface area contributed by atoms with Gasteiger partial charge in [0.2, 0.25) is 0 Å². The summed E-state index contributed by atoms with van der Waals surface area (Å²) in [6.07, 6.45) is 2.57. The Morgan fingerprint density at radius 2 is 2.25 bits per heavy atom. The molecule has 0 aromatic carbocycles. The number of nitrogens with one attached hydrogen (secondary N) is 1. The summed E-state index contributed by atoms with van der Waals surface area (Å²) in [7, 11) is 0. The molecule has 0 spiro atoms. The van der Waals surface area contributed by atoms with Crippen LogP contribution < -0.4 is 5.32 Å². The smallest absolute Gasteiger partial charge is 0.142 e. The van der Waals surface area contributed by atoms with Crippen LogP contribution in [0.4, 0.5) is 5.82 Å². The average Bonchev–Trinajstić information content (AvgIpc) is 2.38. The number of thioether (sulfide) groups is 1. The molecule has 1 saturated heterocycles. The highest BCUT2D eigenvalue weighted by atomic mass is 32.2. The van der Waals surface area contributed by atoms with Gasteiger partial charge in [0.15, 0.2) is 0 Å². The summed E-state index contributed by atoms with van der Waals surface area (Å²) in [6, 6.07) is 7.56. The van der Waals surface area contributed by atoms with Gasteiger partial charge in [-0.15, -0.1) is 0 Å². The summed E-state index contributed by atoms with van der Waals surface area (Å²) < 4.78 is 0. The van der Waals surface area contributed by atoms with Gasteiger partial charge in [-0.3, -0.25) is 0 Å². The summed E-state index contributed by atoms with van der Waals surface area (Å²) in [5.41, 5.74) is 0.476. The van der Waals surface area contributed by atoms with Gasteiger partial charge in [-0.05, 0) is 42.4 Å². The molecule has 0 saturated carbocycles. The van der Waals surface area contributed by atoms with Gasteiger partial charge in [0.05, 0.1) is 0 Å². The first kappa shape index (κ1) is 11.3. The van der Waals surface area contributed by atoms with Crippen LogP contribution in [0.5, 0.6) is 0 Å². The first-order valence-corrected chi connectivity index (χ1v) is 6.73. The molecule has 0 amide bonds. The number of nitriles is 1. The Morgan fingerprint density at radius 3 is 3.00 bits per heavy atom. The number of rotatable bonds is 3. The zero-order chi connectivity index (χ0) is 11.2. The number of hydrogen-bond donors (Lipinski definition) is 1. The van der Waals surface area contributed by atoms with Gasteiger partial charge in [-0.2, -0.15) is 17.0 Å². The molecule has 4 heteroatoms. The first-order chi connectivity index (χ1) is 7.88. The minimum Gasteiger partial charge on any atom is -0.370 e. The molecular weight excluding hydrogens is 218 g/mol. The summed E-state index contributed by atoms with van der Waals surface area (Å²) in [6.45, 7) is 0.975. The topological polar surface area (TPSA) is 48.7 Å². The van der Waals surface area contributed by atoms with Crippen LogP contribution in [-0.2, 0) is 0 Å². The lowest BCUT2D eigenvalue weighted by Crippen LogP contribution is -2.19. The predicted molar refractivity (Wildman–Crippen MR) is 67.5 cm³/mol. The molecule has 0 unspecified atom stereocenters. The highest BCUT2D eigenvalue weighted by Crippen LogP contribution is 2.22. The van der Waals surface area contributed by atoms with Gasteiger partial charge < -0.3 is 5.32 Å². The molecule has 16 heavy (non-hydrogen) atoms. The second-order valence-electron chi connectivity index (χ2n) is 3.96. The van der Waals surface area contributed by atoms with E-state index < -0.39 is 0 Å². The van der Waals surface area contributed by atoms with Crippen molar-refractivity contribution in [3.05, 3.63) is 23.9 Å². The van der Waals surface area contributed by atoms with E-state index in [1.165, 1.54) is 24.3 Å². The molecule has 2 heterocycles. The summed E-state index contributed by atoms with van der Waals surface area (Å²) in [5.74, 6) is 4.13. The van der Waals surface area contributed by atoms with Crippen molar-refractivity contribution in [2.75, 3.05) is 23.4 Å². The zero-order valence-electron chi connectivity index (χ0n) is 9.15. The summed E-state index contributed by atoms with van der Waals surface area (Å²) >= 11 is 2.04. The maximum atomic E-state index is 8.74. The Bertz CT molecular complexity index is 380. The maximum absolute atomic E-state index is 8.74. The van der Waals surface area contributed by atoms with Crippen LogP contribution in [0.25, 0.3) is 0 Å². The lowest BCUT2D eigenvalue weighted by atomic mass is 10.0. The monoisotopic (exact) mass is 233 g/mol. The van der Waals surface area contributed by atoms with Gasteiger partial charge in [0.1, 0.15) is 17.6 Å². The third kappa shape index (κ3) is 3.14. The minimum atomic E-state index is 0.476. The predicted octanol–water partition coefficient (Wildman–Crippen LogP) is 2.51. The number of anilines is 1. The lowest BCUT2D eigenvalue weighted by molar-refractivity contribution is 0.515. The van der Waals surface area contributed by atoms with Crippen molar-refractivity contribution in [1.29, 1.82) is 5.26 Å². The molecule has 0 bridgehead atoms. The van der Waals surface area contributed by atoms with Crippen molar-refractivity contribution in [2.45, 2.75) is 12.8 Å². The van der Waals surface area contributed by atoms with Crippen molar-refractivity contribution in [3.8, 4) is 6.07 Å². The SMILES string of the molecule is N#Cc1cccc(NCC2CCSCC2)n1. The molecule has 84 valence electrons. The third-order valence-corrected chi connectivity index (χ3v) is 3.83. The number of pyridine rings is 1. The second-order valence-corrected chi connectivity index (χ2v) is 5.18. The van der Waals surface area contributed by atoms with Gasteiger partial charge in [-0.1, -0.05) is 6.07 Å². The normalized spacial score (nSPS) is 16.7. The van der Waals surface area contributed by atoms with Crippen LogP contribution in [0.2, 0.25) is 0 Å². The van der Waals surface area contributed by atoms with Crippen LogP contribution in [0.1, 0.15) is 18.5 Å². The van der Waals surface area contributed by atoms with Crippen molar-refractivity contribution in [1.82, 2.24) is 4.98 Å². The van der Waals surface area contributed by atoms with Crippen molar-refractivity contribution >= 4 is 17.6 Å². The van der Waals surface area contributed by atoms with Crippen LogP contribution in [0.3, 0.4) is 0 Å². The van der Waals surface area contributed by atoms with E-state index in [2.05, 4.69) is 16.4 Å². The largest absolute Gasteiger partial charge is 0.370 e. The van der Waals surface area contributed by atoms with Crippen LogP contribution in [0, 0.1) is 17.2 Å². The molecule has 1 aromatic heterocycles. The van der Waals surface area contributed by atoms with E-state index in [4.69, 9.17) is 5.26 Å². The molecule has 0 aliphatic carbocycles. The number of nitrogens with zero attached hydrogens (tertiary/aromatic N) is 2. The van der Waals surface area contributed by atoms with Crippen molar-refractivity contribution in [3.63, 3.8) is 0 Å². The number of hydrogen-bond acceptors (Lipinski definition) is 4. The Hall–Kier alpha value is -1.21. The minimum absolute atomic E-state index is 0.476. The molecule has 0 radical (unpaired) electrons. The molecule has 1 aromatic rings. The average molecular weight is 233 g/mol. The third-order valence-electron chi connectivity index (χ3n) is 2.78. The van der Waals surface area contributed by atoms with E-state index in [9.17, 15) is 0 Å². The molecular formula is C12H15N3S. The second kappa shape index (κ2) is 5.76. The Kier molecular flexibility index (Phi) is 4.06. The summed E-state index contributed by atoms with van der Waals surface area (Å²) in [4.78, 5) is 4.20. The molecule has 2 rings (SSSR count). The van der Waals surface area contributed by atoms with Crippen LogP contribution >= 0.6 is 11.8 Å². The fourth-order valence-corrected chi connectivity index (χ4v) is 3.00. The number of aromatic nitrogens is 1. The standard InChI is InChI=1S/C12H15N3S/c13-8-11-2-1-3-12(15-11)14-9-10-4-6-16-7-5-10/h1-3,10H,4-7,9H2,(H,14,15). The molecule has 1 fully saturated rings. The van der Waals surface area contributed by atoms with Crippen LogP contribution in [-0.4, -0.2) is 23.0 Å². The van der Waals surface area contributed by atoms with Crippen molar-refractivity contribution in [2.24, 2.45) is 5.92 Å². The van der Waals surface area contributed by atoms with E-state index in [0.717, 1.165) is 18.3 Å². The maximum Gasteiger partial charge on any atom is 0.142 e.